The van der Waals surface area contributed by atoms with Gasteiger partial charge < -0.3 is 24.3 Å². The van der Waals surface area contributed by atoms with Crippen LogP contribution in [0.25, 0.3) is 11.1 Å². The van der Waals surface area contributed by atoms with Crippen LogP contribution in [0.4, 0.5) is 11.6 Å². The largest absolute Gasteiger partial charge is 0.487 e. The van der Waals surface area contributed by atoms with Crippen molar-refractivity contribution in [1.82, 2.24) is 44.9 Å². The second-order valence-electron chi connectivity index (χ2n) is 12.9. The summed E-state index contributed by atoms with van der Waals surface area (Å²) in [6.07, 6.45) is 13.7. The zero-order chi connectivity index (χ0) is 33.6. The zero-order valence-electron chi connectivity index (χ0n) is 28.0. The molecule has 2 saturated heterocycles. The number of ether oxygens (including phenoxy) is 4. The van der Waals surface area contributed by atoms with Gasteiger partial charge in [-0.1, -0.05) is 6.07 Å². The normalized spacial score (nSPS) is 22.8. The van der Waals surface area contributed by atoms with E-state index >= 15 is 0 Å². The molecule has 1 aromatic carbocycles. The smallest absolute Gasteiger partial charge is 0.257 e. The van der Waals surface area contributed by atoms with E-state index in [1.165, 1.54) is 19.2 Å². The van der Waals surface area contributed by atoms with Gasteiger partial charge in [-0.2, -0.15) is 5.26 Å². The Kier molecular flexibility index (Phi) is 10.2. The van der Waals surface area contributed by atoms with Crippen LogP contribution >= 0.6 is 0 Å². The fourth-order valence-corrected chi connectivity index (χ4v) is 7.31. The lowest BCUT2D eigenvalue weighted by molar-refractivity contribution is -0.0458. The van der Waals surface area contributed by atoms with Crippen LogP contribution in [0.3, 0.4) is 0 Å². The minimum atomic E-state index is -0.269. The molecule has 2 aliphatic heterocycles. The van der Waals surface area contributed by atoms with Crippen LogP contribution in [-0.2, 0) is 16.0 Å². The third-order valence-corrected chi connectivity index (χ3v) is 9.62. The SMILES string of the molecule is CCOCCOc1nn(C2CCC(N3[C@@H]4CC[C@H]3COC4)CC2)cc1Nc1ncc(-c2ccc(C#N)c(OC(C)Cn3cnnn3)c2)cn1. The van der Waals surface area contributed by atoms with Gasteiger partial charge in [0, 0.05) is 42.7 Å². The summed E-state index contributed by atoms with van der Waals surface area (Å²) in [7, 11) is 0. The highest BCUT2D eigenvalue weighted by molar-refractivity contribution is 5.67. The molecule has 49 heavy (non-hydrogen) atoms. The molecule has 4 aromatic rings. The molecule has 3 atom stereocenters. The lowest BCUT2D eigenvalue weighted by Gasteiger charge is -2.43. The maximum absolute atomic E-state index is 9.67. The molecule has 7 rings (SSSR count). The van der Waals surface area contributed by atoms with Crippen molar-refractivity contribution in [3.8, 4) is 28.8 Å². The summed E-state index contributed by atoms with van der Waals surface area (Å²) in [5, 5.41) is 29.1. The van der Waals surface area contributed by atoms with Gasteiger partial charge in [0.25, 0.3) is 5.88 Å². The van der Waals surface area contributed by atoms with Crippen LogP contribution in [0.2, 0.25) is 0 Å². The topological polar surface area (TPSA) is 163 Å². The molecule has 1 saturated carbocycles. The summed E-state index contributed by atoms with van der Waals surface area (Å²) in [4.78, 5) is 12.0. The Morgan fingerprint density at radius 3 is 2.47 bits per heavy atom. The number of nitriles is 1. The fourth-order valence-electron chi connectivity index (χ4n) is 7.31. The molecule has 1 unspecified atom stereocenters. The van der Waals surface area contributed by atoms with Crippen LogP contribution in [0.1, 0.15) is 64.0 Å². The van der Waals surface area contributed by atoms with Crippen LogP contribution < -0.4 is 14.8 Å². The predicted octanol–water partition coefficient (Wildman–Crippen LogP) is 4.17. The molecule has 3 aliphatic rings. The summed E-state index contributed by atoms with van der Waals surface area (Å²) in [6, 6.07) is 9.72. The molecule has 2 bridgehead atoms. The van der Waals surface area contributed by atoms with Crippen molar-refractivity contribution in [2.45, 2.75) is 89.2 Å². The van der Waals surface area contributed by atoms with E-state index in [1.807, 2.05) is 32.2 Å². The van der Waals surface area contributed by atoms with Crippen molar-refractivity contribution in [2.75, 3.05) is 38.4 Å². The third kappa shape index (κ3) is 7.66. The first-order valence-electron chi connectivity index (χ1n) is 17.2. The summed E-state index contributed by atoms with van der Waals surface area (Å²) in [5.74, 6) is 1.39. The van der Waals surface area contributed by atoms with E-state index in [0.29, 0.717) is 79.4 Å². The molecule has 1 aliphatic carbocycles. The Balaban J connectivity index is 1.02. The molecule has 15 heteroatoms. The molecule has 0 radical (unpaired) electrons. The number of hydrogen-bond acceptors (Lipinski definition) is 13. The highest BCUT2D eigenvalue weighted by atomic mass is 16.5. The van der Waals surface area contributed by atoms with E-state index in [0.717, 1.165) is 50.0 Å². The van der Waals surface area contributed by atoms with E-state index in [9.17, 15) is 5.26 Å². The molecule has 5 heterocycles. The first-order chi connectivity index (χ1) is 24.1. The molecule has 15 nitrogen and oxygen atoms in total. The summed E-state index contributed by atoms with van der Waals surface area (Å²) < 4.78 is 27.1. The second-order valence-corrected chi connectivity index (χ2v) is 12.9. The van der Waals surface area contributed by atoms with Crippen molar-refractivity contribution in [3.63, 3.8) is 0 Å². The average molecular weight is 670 g/mol. The van der Waals surface area contributed by atoms with Gasteiger partial charge in [-0.25, -0.2) is 14.6 Å². The van der Waals surface area contributed by atoms with Crippen LogP contribution in [-0.4, -0.2) is 102 Å². The lowest BCUT2D eigenvalue weighted by atomic mass is 9.89. The fraction of sp³-hybridized carbons (Fsp3) is 0.559. The monoisotopic (exact) mass is 669 g/mol. The summed E-state index contributed by atoms with van der Waals surface area (Å²) in [5.41, 5.74) is 2.75. The Morgan fingerprint density at radius 1 is 1.00 bits per heavy atom. The number of rotatable bonds is 14. The van der Waals surface area contributed by atoms with E-state index in [1.54, 1.807) is 23.1 Å². The average Bonchev–Trinajstić information content (AvgIpc) is 3.85. The second kappa shape index (κ2) is 15.3. The lowest BCUT2D eigenvalue weighted by Crippen LogP contribution is -2.52. The van der Waals surface area contributed by atoms with Crippen LogP contribution in [0.15, 0.2) is 43.1 Å². The minimum absolute atomic E-state index is 0.269. The molecule has 258 valence electrons. The quantitative estimate of drug-likeness (QED) is 0.191. The highest BCUT2D eigenvalue weighted by Crippen LogP contribution is 2.39. The van der Waals surface area contributed by atoms with E-state index in [2.05, 4.69) is 46.5 Å². The molecule has 3 fully saturated rings. The number of aromatic nitrogens is 8. The number of hydrogen-bond donors (Lipinski definition) is 1. The third-order valence-electron chi connectivity index (χ3n) is 9.62. The number of nitrogens with zero attached hydrogens (tertiary/aromatic N) is 10. The molecular formula is C34H43N11O4. The Morgan fingerprint density at radius 2 is 1.76 bits per heavy atom. The van der Waals surface area contributed by atoms with E-state index in [-0.39, 0.29) is 6.10 Å². The molecule has 1 N–H and O–H groups in total. The van der Waals surface area contributed by atoms with E-state index in [4.69, 9.17) is 24.0 Å². The van der Waals surface area contributed by atoms with E-state index < -0.39 is 0 Å². The van der Waals surface area contributed by atoms with Gasteiger partial charge in [0.2, 0.25) is 5.95 Å². The Hall–Kier alpha value is -4.65. The molecule has 3 aromatic heterocycles. The van der Waals surface area contributed by atoms with Crippen molar-refractivity contribution in [3.05, 3.63) is 48.7 Å². The number of benzene rings is 1. The van der Waals surface area contributed by atoms with Gasteiger partial charge in [0.1, 0.15) is 36.5 Å². The Labute approximate surface area is 285 Å². The van der Waals surface area contributed by atoms with Crippen molar-refractivity contribution >= 4 is 11.6 Å². The van der Waals surface area contributed by atoms with Gasteiger partial charge in [-0.15, -0.1) is 10.2 Å². The zero-order valence-corrected chi connectivity index (χ0v) is 28.0. The van der Waals surface area contributed by atoms with Gasteiger partial charge >= 0.3 is 0 Å². The molecule has 0 amide bonds. The first kappa shape index (κ1) is 32.9. The van der Waals surface area contributed by atoms with Gasteiger partial charge in [0.15, 0.2) is 0 Å². The van der Waals surface area contributed by atoms with Gasteiger partial charge in [-0.3, -0.25) is 9.58 Å². The van der Waals surface area contributed by atoms with Gasteiger partial charge in [0.05, 0.1) is 44.2 Å². The summed E-state index contributed by atoms with van der Waals surface area (Å²) >= 11 is 0. The maximum atomic E-state index is 9.67. The Bertz CT molecular complexity index is 1680. The van der Waals surface area contributed by atoms with Crippen molar-refractivity contribution in [1.29, 1.82) is 5.26 Å². The summed E-state index contributed by atoms with van der Waals surface area (Å²) in [6.45, 7) is 7.56. The molecule has 0 spiro atoms. The number of tetrazole rings is 1. The number of nitrogens with one attached hydrogen (secondary N) is 1. The van der Waals surface area contributed by atoms with Gasteiger partial charge in [-0.05, 0) is 80.5 Å². The number of morpholine rings is 1. The highest BCUT2D eigenvalue weighted by Gasteiger charge is 2.42. The van der Waals surface area contributed by atoms with Crippen molar-refractivity contribution < 1.29 is 18.9 Å². The number of fused-ring (bicyclic) bond motifs is 2. The van der Waals surface area contributed by atoms with Crippen LogP contribution in [0.5, 0.6) is 11.6 Å². The number of anilines is 2. The minimum Gasteiger partial charge on any atom is -0.487 e. The molecular weight excluding hydrogens is 626 g/mol. The maximum Gasteiger partial charge on any atom is 0.257 e. The first-order valence-corrected chi connectivity index (χ1v) is 17.2. The predicted molar refractivity (Wildman–Crippen MR) is 178 cm³/mol. The standard InChI is InChI=1S/C34H43N11O4/c1-3-46-12-13-48-33-31(19-44(40-33)27-6-8-28(9-7-27)45-29-10-11-30(45)21-47-20-29)39-34-36-16-26(17-37-34)24-4-5-25(15-35)32(14-24)49-23(2)18-43-22-38-41-42-43/h4-5,14,16-17,19,22-23,27-30H,3,6-13,18,20-21H2,1-2H3,(H,36,37,39)/t23?,27?,28?,29-,30+. The van der Waals surface area contributed by atoms with Crippen molar-refractivity contribution in [2.24, 2.45) is 0 Å². The van der Waals surface area contributed by atoms with Crippen LogP contribution in [0, 0.1) is 11.3 Å².